The lowest BCUT2D eigenvalue weighted by atomic mass is 10.1. The molecule has 1 aliphatic rings. The summed E-state index contributed by atoms with van der Waals surface area (Å²) in [5.74, 6) is 1.12. The number of hydrogen-bond donors (Lipinski definition) is 1. The quantitative estimate of drug-likeness (QED) is 0.921. The molecule has 0 amide bonds. The van der Waals surface area contributed by atoms with Crippen molar-refractivity contribution in [2.75, 3.05) is 26.8 Å². The molecule has 1 aliphatic heterocycles. The topological polar surface area (TPSA) is 41.9 Å². The predicted octanol–water partition coefficient (Wildman–Crippen LogP) is 2.76. The number of rotatable bonds is 5. The monoisotopic (exact) mass is 317 g/mol. The third-order valence-corrected chi connectivity index (χ3v) is 3.81. The van der Waals surface area contributed by atoms with E-state index >= 15 is 0 Å². The molecule has 122 valence electrons. The fraction of sp³-hybridized carbons (Fsp3) is 0.333. The summed E-state index contributed by atoms with van der Waals surface area (Å²) in [6.07, 6.45) is -0.863. The Hall–Kier alpha value is -2.11. The number of likely N-dealkylation sites (N-methyl/N-ethyl adjacent to an activating group) is 1. The molecule has 4 nitrogen and oxygen atoms in total. The normalized spacial score (nSPS) is 14.8. The first kappa shape index (κ1) is 15.8. The number of nitrogens with zero attached hydrogens (tertiary/aromatic N) is 1. The van der Waals surface area contributed by atoms with Gasteiger partial charge in [0.1, 0.15) is 19.0 Å². The van der Waals surface area contributed by atoms with Gasteiger partial charge in [0.05, 0.1) is 6.10 Å². The van der Waals surface area contributed by atoms with Gasteiger partial charge in [-0.05, 0) is 30.8 Å². The van der Waals surface area contributed by atoms with Crippen LogP contribution in [0.2, 0.25) is 0 Å². The van der Waals surface area contributed by atoms with Crippen LogP contribution in [0.1, 0.15) is 17.2 Å². The van der Waals surface area contributed by atoms with Crippen LogP contribution in [0.25, 0.3) is 0 Å². The average Bonchev–Trinajstić information content (AvgIpc) is 2.55. The smallest absolute Gasteiger partial charge is 0.161 e. The molecule has 2 aromatic rings. The molecule has 2 aromatic carbocycles. The first-order valence-corrected chi connectivity index (χ1v) is 7.63. The molecule has 0 aliphatic carbocycles. The number of ether oxygens (including phenoxy) is 2. The maximum atomic E-state index is 13.7. The van der Waals surface area contributed by atoms with Crippen LogP contribution in [0.15, 0.2) is 42.5 Å². The maximum absolute atomic E-state index is 13.7. The standard InChI is InChI=1S/C18H20FNO3/c1-20(12-16(21)14-4-2-3-5-15(14)19)11-13-6-7-17-18(10-13)23-9-8-22-17/h2-7,10,16,21H,8-9,11-12H2,1H3. The van der Waals surface area contributed by atoms with Crippen LogP contribution in [0.3, 0.4) is 0 Å². The molecule has 0 spiro atoms. The summed E-state index contributed by atoms with van der Waals surface area (Å²) in [7, 11) is 1.89. The molecule has 0 aromatic heterocycles. The zero-order valence-corrected chi connectivity index (χ0v) is 13.0. The van der Waals surface area contributed by atoms with Gasteiger partial charge < -0.3 is 14.6 Å². The van der Waals surface area contributed by atoms with Gasteiger partial charge in [0, 0.05) is 18.7 Å². The van der Waals surface area contributed by atoms with Crippen molar-refractivity contribution >= 4 is 0 Å². The van der Waals surface area contributed by atoms with Crippen LogP contribution in [-0.2, 0) is 6.54 Å². The summed E-state index contributed by atoms with van der Waals surface area (Å²) in [6, 6.07) is 12.1. The first-order valence-electron chi connectivity index (χ1n) is 7.63. The second kappa shape index (κ2) is 6.98. The summed E-state index contributed by atoms with van der Waals surface area (Å²) >= 11 is 0. The molecular formula is C18H20FNO3. The summed E-state index contributed by atoms with van der Waals surface area (Å²) in [5.41, 5.74) is 1.37. The summed E-state index contributed by atoms with van der Waals surface area (Å²) in [5, 5.41) is 10.2. The molecule has 0 bridgehead atoms. The molecule has 0 fully saturated rings. The van der Waals surface area contributed by atoms with Crippen molar-refractivity contribution in [3.63, 3.8) is 0 Å². The molecule has 1 atom stereocenters. The third kappa shape index (κ3) is 3.81. The number of fused-ring (bicyclic) bond motifs is 1. The van der Waals surface area contributed by atoms with Crippen molar-refractivity contribution in [3.8, 4) is 11.5 Å². The van der Waals surface area contributed by atoms with Crippen LogP contribution >= 0.6 is 0 Å². The lowest BCUT2D eigenvalue weighted by Crippen LogP contribution is -2.25. The van der Waals surface area contributed by atoms with E-state index in [2.05, 4.69) is 0 Å². The Labute approximate surface area is 135 Å². The molecule has 1 N–H and O–H groups in total. The highest BCUT2D eigenvalue weighted by atomic mass is 19.1. The van der Waals surface area contributed by atoms with Crippen LogP contribution in [-0.4, -0.2) is 36.8 Å². The van der Waals surface area contributed by atoms with Crippen molar-refractivity contribution in [2.45, 2.75) is 12.6 Å². The van der Waals surface area contributed by atoms with Crippen molar-refractivity contribution in [2.24, 2.45) is 0 Å². The highest BCUT2D eigenvalue weighted by Gasteiger charge is 2.16. The molecular weight excluding hydrogens is 297 g/mol. The number of halogens is 1. The minimum atomic E-state index is -0.863. The Morgan fingerprint density at radius 2 is 1.87 bits per heavy atom. The highest BCUT2D eigenvalue weighted by molar-refractivity contribution is 5.43. The summed E-state index contributed by atoms with van der Waals surface area (Å²) in [4.78, 5) is 1.95. The van der Waals surface area contributed by atoms with E-state index in [1.54, 1.807) is 18.2 Å². The van der Waals surface area contributed by atoms with Gasteiger partial charge in [-0.15, -0.1) is 0 Å². The van der Waals surface area contributed by atoms with E-state index < -0.39 is 6.10 Å². The van der Waals surface area contributed by atoms with E-state index in [0.717, 1.165) is 17.1 Å². The Morgan fingerprint density at radius 1 is 1.13 bits per heavy atom. The lowest BCUT2D eigenvalue weighted by Gasteiger charge is -2.23. The highest BCUT2D eigenvalue weighted by Crippen LogP contribution is 2.31. The zero-order chi connectivity index (χ0) is 16.2. The van der Waals surface area contributed by atoms with Gasteiger partial charge in [-0.3, -0.25) is 4.90 Å². The number of aliphatic hydroxyl groups excluding tert-OH is 1. The predicted molar refractivity (Wildman–Crippen MR) is 85.1 cm³/mol. The van der Waals surface area contributed by atoms with Gasteiger partial charge in [0.2, 0.25) is 0 Å². The Kier molecular flexibility index (Phi) is 4.79. The average molecular weight is 317 g/mol. The van der Waals surface area contributed by atoms with Crippen molar-refractivity contribution in [1.29, 1.82) is 0 Å². The fourth-order valence-electron chi connectivity index (χ4n) is 2.70. The molecule has 5 heteroatoms. The van der Waals surface area contributed by atoms with E-state index in [0.29, 0.717) is 31.9 Å². The zero-order valence-electron chi connectivity index (χ0n) is 13.0. The summed E-state index contributed by atoms with van der Waals surface area (Å²) < 4.78 is 24.8. The van der Waals surface area contributed by atoms with E-state index in [4.69, 9.17) is 9.47 Å². The molecule has 1 unspecified atom stereocenters. The largest absolute Gasteiger partial charge is 0.486 e. The molecule has 1 heterocycles. The van der Waals surface area contributed by atoms with Crippen LogP contribution in [0.5, 0.6) is 11.5 Å². The first-order chi connectivity index (χ1) is 11.1. The van der Waals surface area contributed by atoms with E-state index in [-0.39, 0.29) is 5.82 Å². The van der Waals surface area contributed by atoms with Crippen LogP contribution in [0.4, 0.5) is 4.39 Å². The van der Waals surface area contributed by atoms with Gasteiger partial charge in [0.15, 0.2) is 11.5 Å². The van der Waals surface area contributed by atoms with Crippen molar-refractivity contribution in [3.05, 3.63) is 59.4 Å². The van der Waals surface area contributed by atoms with Gasteiger partial charge >= 0.3 is 0 Å². The van der Waals surface area contributed by atoms with Gasteiger partial charge in [-0.2, -0.15) is 0 Å². The van der Waals surface area contributed by atoms with Gasteiger partial charge in [0.25, 0.3) is 0 Å². The van der Waals surface area contributed by atoms with E-state index in [1.807, 2.05) is 30.1 Å². The second-order valence-electron chi connectivity index (χ2n) is 5.71. The number of aliphatic hydroxyl groups is 1. The minimum absolute atomic E-state index is 0.321. The lowest BCUT2D eigenvalue weighted by molar-refractivity contribution is 0.120. The maximum Gasteiger partial charge on any atom is 0.161 e. The fourth-order valence-corrected chi connectivity index (χ4v) is 2.70. The SMILES string of the molecule is CN(Cc1ccc2c(c1)OCCO2)CC(O)c1ccccc1F. The Bertz CT molecular complexity index is 677. The second-order valence-corrected chi connectivity index (χ2v) is 5.71. The van der Waals surface area contributed by atoms with E-state index in [1.165, 1.54) is 6.07 Å². The number of hydrogen-bond acceptors (Lipinski definition) is 4. The van der Waals surface area contributed by atoms with Crippen LogP contribution in [0, 0.1) is 5.82 Å². The van der Waals surface area contributed by atoms with Crippen molar-refractivity contribution < 1.29 is 19.0 Å². The van der Waals surface area contributed by atoms with Gasteiger partial charge in [-0.1, -0.05) is 24.3 Å². The molecule has 0 saturated carbocycles. The molecule has 3 rings (SSSR count). The Balaban J connectivity index is 1.63. The third-order valence-electron chi connectivity index (χ3n) is 3.81. The van der Waals surface area contributed by atoms with Crippen molar-refractivity contribution in [1.82, 2.24) is 4.90 Å². The summed E-state index contributed by atoms with van der Waals surface area (Å²) in [6.45, 7) is 2.09. The number of benzene rings is 2. The molecule has 0 saturated heterocycles. The molecule has 0 radical (unpaired) electrons. The van der Waals surface area contributed by atoms with Gasteiger partial charge in [-0.25, -0.2) is 4.39 Å². The Morgan fingerprint density at radius 3 is 2.65 bits per heavy atom. The van der Waals surface area contributed by atoms with E-state index in [9.17, 15) is 9.50 Å². The van der Waals surface area contributed by atoms with Crippen LogP contribution < -0.4 is 9.47 Å². The molecule has 23 heavy (non-hydrogen) atoms. The minimum Gasteiger partial charge on any atom is -0.486 e.